The molecule has 2 bridgehead atoms. The maximum absolute atomic E-state index is 11.9. The van der Waals surface area contributed by atoms with Crippen molar-refractivity contribution in [2.24, 2.45) is 0 Å². The molecule has 2 fully saturated rings. The Morgan fingerprint density at radius 3 is 2.86 bits per heavy atom. The molecule has 122 valence electrons. The first kappa shape index (κ1) is 15.7. The van der Waals surface area contributed by atoms with E-state index in [4.69, 9.17) is 9.47 Å². The van der Waals surface area contributed by atoms with Crippen LogP contribution in [-0.4, -0.2) is 65.3 Å². The van der Waals surface area contributed by atoms with Crippen LogP contribution in [0.3, 0.4) is 0 Å². The molecule has 2 aliphatic heterocycles. The molecule has 0 spiro atoms. The number of hydrogen-bond acceptors (Lipinski definition) is 5. The Labute approximate surface area is 127 Å². The molecule has 2 saturated heterocycles. The highest BCUT2D eigenvalue weighted by Gasteiger charge is 2.61. The summed E-state index contributed by atoms with van der Waals surface area (Å²) in [4.78, 5) is 27.7. The predicted molar refractivity (Wildman–Crippen MR) is 85.4 cm³/mol. The SMILES string of the molecule is C=P(C)(C)CC[C@@]12CO[C@@H](C(c3c[nH]c(=O)[nH]c3=O)O1)[C@@H]2O. The van der Waals surface area contributed by atoms with E-state index in [1.165, 1.54) is 6.20 Å². The molecule has 0 saturated carbocycles. The predicted octanol–water partition coefficient (Wildman–Crippen LogP) is -0.268. The Bertz CT molecular complexity index is 735. The van der Waals surface area contributed by atoms with Crippen LogP contribution in [0.1, 0.15) is 18.1 Å². The van der Waals surface area contributed by atoms with Crippen molar-refractivity contribution >= 4 is 13.2 Å². The van der Waals surface area contributed by atoms with Gasteiger partial charge in [-0.2, -0.15) is 0 Å². The third-order valence-corrected chi connectivity index (χ3v) is 5.76. The second-order valence-corrected chi connectivity index (χ2v) is 11.1. The zero-order valence-electron chi connectivity index (χ0n) is 12.7. The van der Waals surface area contributed by atoms with E-state index in [1.54, 1.807) is 0 Å². The molecule has 4 atom stereocenters. The van der Waals surface area contributed by atoms with Crippen molar-refractivity contribution in [1.29, 1.82) is 0 Å². The van der Waals surface area contributed by atoms with Crippen LogP contribution >= 0.6 is 6.89 Å². The molecule has 7 nitrogen and oxygen atoms in total. The van der Waals surface area contributed by atoms with E-state index in [0.717, 1.165) is 6.16 Å². The number of hydrogen-bond donors (Lipinski definition) is 3. The van der Waals surface area contributed by atoms with Crippen LogP contribution < -0.4 is 11.2 Å². The van der Waals surface area contributed by atoms with E-state index < -0.39 is 42.0 Å². The molecule has 0 amide bonds. The number of fused-ring (bicyclic) bond motifs is 2. The Balaban J connectivity index is 1.88. The Morgan fingerprint density at radius 2 is 2.23 bits per heavy atom. The maximum Gasteiger partial charge on any atom is 0.325 e. The third-order valence-electron chi connectivity index (χ3n) is 4.33. The van der Waals surface area contributed by atoms with E-state index in [9.17, 15) is 14.7 Å². The summed E-state index contributed by atoms with van der Waals surface area (Å²) in [7, 11) is 0. The monoisotopic (exact) mass is 328 g/mol. The van der Waals surface area contributed by atoms with Crippen molar-refractivity contribution in [3.05, 3.63) is 32.6 Å². The fraction of sp³-hybridized carbons (Fsp3) is 0.643. The minimum Gasteiger partial charge on any atom is -0.387 e. The van der Waals surface area contributed by atoms with Crippen LogP contribution in [-0.2, 0) is 9.47 Å². The molecular weight excluding hydrogens is 307 g/mol. The van der Waals surface area contributed by atoms with Crippen molar-refractivity contribution < 1.29 is 14.6 Å². The van der Waals surface area contributed by atoms with Gasteiger partial charge < -0.3 is 19.6 Å². The lowest BCUT2D eigenvalue weighted by molar-refractivity contribution is -0.148. The van der Waals surface area contributed by atoms with Gasteiger partial charge in [-0.25, -0.2) is 4.79 Å². The minimum atomic E-state index is -1.25. The van der Waals surface area contributed by atoms with Gasteiger partial charge in [-0.1, -0.05) is 0 Å². The molecule has 0 aromatic carbocycles. The number of aromatic nitrogens is 2. The summed E-state index contributed by atoms with van der Waals surface area (Å²) in [5, 5.41) is 10.5. The summed E-state index contributed by atoms with van der Waals surface area (Å²) in [6, 6.07) is 0. The summed E-state index contributed by atoms with van der Waals surface area (Å²) in [6.45, 7) is 3.32. The maximum atomic E-state index is 11.9. The second-order valence-electron chi connectivity index (χ2n) is 6.76. The van der Waals surface area contributed by atoms with Crippen molar-refractivity contribution in [2.45, 2.75) is 30.3 Å². The lowest BCUT2D eigenvalue weighted by Gasteiger charge is -2.31. The number of H-pyrrole nitrogens is 2. The average molecular weight is 328 g/mol. The molecular formula is C14H21N2O5P. The number of rotatable bonds is 4. The molecule has 1 aromatic rings. The van der Waals surface area contributed by atoms with Gasteiger partial charge in [-0.05, 0) is 25.9 Å². The molecule has 3 rings (SSSR count). The lowest BCUT2D eigenvalue weighted by Crippen LogP contribution is -2.41. The van der Waals surface area contributed by atoms with Gasteiger partial charge in [0.1, 0.15) is 23.9 Å². The van der Waals surface area contributed by atoms with Gasteiger partial charge >= 0.3 is 5.69 Å². The van der Waals surface area contributed by atoms with Gasteiger partial charge in [0.05, 0.1) is 12.2 Å². The van der Waals surface area contributed by atoms with Crippen LogP contribution in [0, 0.1) is 0 Å². The second kappa shape index (κ2) is 5.20. The van der Waals surface area contributed by atoms with E-state index in [-0.39, 0.29) is 5.56 Å². The Kier molecular flexibility index (Phi) is 3.72. The molecule has 1 aromatic heterocycles. The highest BCUT2D eigenvalue weighted by Crippen LogP contribution is 2.50. The molecule has 8 heteroatoms. The van der Waals surface area contributed by atoms with Gasteiger partial charge in [0.25, 0.3) is 5.56 Å². The van der Waals surface area contributed by atoms with Gasteiger partial charge in [0, 0.05) is 6.20 Å². The smallest absolute Gasteiger partial charge is 0.325 e. The zero-order chi connectivity index (χ0) is 16.1. The molecule has 0 radical (unpaired) electrons. The molecule has 3 heterocycles. The minimum absolute atomic E-state index is 0.272. The highest BCUT2D eigenvalue weighted by atomic mass is 31.2. The summed E-state index contributed by atoms with van der Waals surface area (Å²) < 4.78 is 11.7. The molecule has 2 aliphatic rings. The van der Waals surface area contributed by atoms with Crippen molar-refractivity contribution in [1.82, 2.24) is 9.97 Å². The summed E-state index contributed by atoms with van der Waals surface area (Å²) >= 11 is 0. The van der Waals surface area contributed by atoms with Crippen LogP contribution in [0.4, 0.5) is 0 Å². The van der Waals surface area contributed by atoms with Crippen molar-refractivity contribution in [2.75, 3.05) is 26.1 Å². The number of aromatic amines is 2. The number of aliphatic hydroxyl groups excluding tert-OH is 1. The largest absolute Gasteiger partial charge is 0.387 e. The fourth-order valence-corrected chi connectivity index (χ4v) is 4.02. The number of nitrogens with one attached hydrogen (secondary N) is 2. The van der Waals surface area contributed by atoms with E-state index in [1.807, 2.05) is 0 Å². The lowest BCUT2D eigenvalue weighted by atomic mass is 9.95. The van der Waals surface area contributed by atoms with Crippen LogP contribution in [0.2, 0.25) is 0 Å². The first-order valence-corrected chi connectivity index (χ1v) is 10.2. The topological polar surface area (TPSA) is 104 Å². The van der Waals surface area contributed by atoms with Gasteiger partial charge in [-0.15, -0.1) is 13.2 Å². The Morgan fingerprint density at radius 1 is 1.50 bits per heavy atom. The van der Waals surface area contributed by atoms with E-state index in [0.29, 0.717) is 13.0 Å². The average Bonchev–Trinajstić information content (AvgIpc) is 2.87. The van der Waals surface area contributed by atoms with Gasteiger partial charge in [0.2, 0.25) is 0 Å². The van der Waals surface area contributed by atoms with Crippen molar-refractivity contribution in [3.63, 3.8) is 0 Å². The van der Waals surface area contributed by atoms with Crippen LogP contribution in [0.25, 0.3) is 0 Å². The normalized spacial score (nSPS) is 34.2. The highest BCUT2D eigenvalue weighted by molar-refractivity contribution is 7.72. The fourth-order valence-electron chi connectivity index (χ4n) is 3.03. The van der Waals surface area contributed by atoms with Crippen LogP contribution in [0.5, 0.6) is 0 Å². The molecule has 22 heavy (non-hydrogen) atoms. The number of aliphatic hydroxyl groups is 1. The first-order chi connectivity index (χ1) is 10.2. The quantitative estimate of drug-likeness (QED) is 0.660. The summed E-state index contributed by atoms with van der Waals surface area (Å²) in [5.41, 5.74) is -1.60. The molecule has 1 unspecified atom stereocenters. The Hall–Kier alpha value is -1.14. The molecule has 0 aliphatic carbocycles. The van der Waals surface area contributed by atoms with E-state index >= 15 is 0 Å². The van der Waals surface area contributed by atoms with Crippen molar-refractivity contribution in [3.8, 4) is 0 Å². The van der Waals surface area contributed by atoms with Gasteiger partial charge in [0.15, 0.2) is 0 Å². The van der Waals surface area contributed by atoms with Gasteiger partial charge in [-0.3, -0.25) is 9.78 Å². The zero-order valence-corrected chi connectivity index (χ0v) is 13.6. The van der Waals surface area contributed by atoms with E-state index in [2.05, 4.69) is 29.6 Å². The molecule has 3 N–H and O–H groups in total. The first-order valence-electron chi connectivity index (χ1n) is 7.19. The summed E-state index contributed by atoms with van der Waals surface area (Å²) in [6.07, 6.45) is 4.98. The summed E-state index contributed by atoms with van der Waals surface area (Å²) in [5.74, 6) is 0. The third kappa shape index (κ3) is 2.63. The number of ether oxygens (including phenoxy) is 2. The van der Waals surface area contributed by atoms with Crippen LogP contribution in [0.15, 0.2) is 15.8 Å². The standard InChI is InChI=1S/C14H21N2O5P/c1-22(2,3)5-4-14-7-20-10(11(14)17)9(21-14)8-6-15-13(19)16-12(8)18/h6,9-11,17H,1,4-5,7H2,2-3H3,(H2,15,16,18,19)/t9?,10-,11-,14-/m0/s1.